The fourth-order valence-corrected chi connectivity index (χ4v) is 2.86. The predicted octanol–water partition coefficient (Wildman–Crippen LogP) is 4.94. The van der Waals surface area contributed by atoms with Crippen molar-refractivity contribution in [2.45, 2.75) is 0 Å². The van der Waals surface area contributed by atoms with Crippen molar-refractivity contribution in [3.05, 3.63) is 99.3 Å². The van der Waals surface area contributed by atoms with Gasteiger partial charge in [0.05, 0.1) is 4.88 Å². The Morgan fingerprint density at radius 2 is 1.56 bits per heavy atom. The van der Waals surface area contributed by atoms with Crippen LogP contribution in [0.5, 0.6) is 0 Å². The minimum Gasteiger partial charge on any atom is -0.287 e. The zero-order valence-electron chi connectivity index (χ0n) is 13.3. The number of rotatable bonds is 3. The highest BCUT2D eigenvalue weighted by molar-refractivity contribution is 7.12. The molecule has 0 saturated heterocycles. The summed E-state index contributed by atoms with van der Waals surface area (Å²) in [6, 6.07) is 22.8. The summed E-state index contributed by atoms with van der Waals surface area (Å²) < 4.78 is 0. The van der Waals surface area contributed by atoms with Crippen LogP contribution in [0.2, 0.25) is 0 Å². The Morgan fingerprint density at radius 1 is 0.880 bits per heavy atom. The first-order valence-electron chi connectivity index (χ1n) is 7.63. The van der Waals surface area contributed by atoms with E-state index in [1.165, 1.54) is 11.3 Å². The number of carbonyl (C=O) groups is 1. The molecule has 0 aliphatic rings. The Labute approximate surface area is 150 Å². The van der Waals surface area contributed by atoms with Gasteiger partial charge >= 0.3 is 0 Å². The van der Waals surface area contributed by atoms with Gasteiger partial charge in [-0.25, -0.2) is 0 Å². The highest BCUT2D eigenvalue weighted by Gasteiger charge is 2.12. The maximum atomic E-state index is 12.3. The minimum absolute atomic E-state index is 0.130. The van der Waals surface area contributed by atoms with E-state index in [1.54, 1.807) is 18.2 Å². The second-order valence-corrected chi connectivity index (χ2v) is 6.16. The van der Waals surface area contributed by atoms with Gasteiger partial charge in [-0.05, 0) is 47.4 Å². The van der Waals surface area contributed by atoms with Crippen LogP contribution in [0, 0.1) is 23.2 Å². The Kier molecular flexibility index (Phi) is 5.22. The first-order valence-corrected chi connectivity index (χ1v) is 8.51. The molecule has 0 unspecified atom stereocenters. The molecule has 3 rings (SSSR count). The minimum atomic E-state index is -0.245. The van der Waals surface area contributed by atoms with Crippen molar-refractivity contribution < 1.29 is 4.79 Å². The normalized spacial score (nSPS) is 10.4. The summed E-state index contributed by atoms with van der Waals surface area (Å²) in [5.74, 6) is 5.95. The lowest BCUT2D eigenvalue weighted by atomic mass is 10.1. The monoisotopic (exact) mass is 339 g/mol. The highest BCUT2D eigenvalue weighted by atomic mass is 32.1. The maximum Gasteiger partial charge on any atom is 0.213 e. The topological polar surface area (TPSA) is 40.9 Å². The van der Waals surface area contributed by atoms with E-state index in [-0.39, 0.29) is 11.4 Å². The van der Waals surface area contributed by atoms with E-state index in [0.29, 0.717) is 4.88 Å². The Morgan fingerprint density at radius 3 is 2.16 bits per heavy atom. The summed E-state index contributed by atoms with van der Waals surface area (Å²) in [7, 11) is 0. The summed E-state index contributed by atoms with van der Waals surface area (Å²) in [5.41, 5.74) is 2.76. The highest BCUT2D eigenvalue weighted by Crippen LogP contribution is 2.17. The van der Waals surface area contributed by atoms with Gasteiger partial charge in [-0.2, -0.15) is 5.26 Å². The van der Waals surface area contributed by atoms with Crippen molar-refractivity contribution >= 4 is 23.2 Å². The van der Waals surface area contributed by atoms with Crippen molar-refractivity contribution in [1.82, 2.24) is 0 Å². The van der Waals surface area contributed by atoms with Crippen molar-refractivity contribution in [2.75, 3.05) is 0 Å². The molecule has 0 N–H and O–H groups in total. The zero-order chi connectivity index (χ0) is 17.5. The van der Waals surface area contributed by atoms with Crippen LogP contribution in [0.3, 0.4) is 0 Å². The molecular formula is C22H13NOS. The Balaban J connectivity index is 1.79. The van der Waals surface area contributed by atoms with E-state index in [9.17, 15) is 10.1 Å². The van der Waals surface area contributed by atoms with Crippen LogP contribution >= 0.6 is 11.3 Å². The second-order valence-electron chi connectivity index (χ2n) is 5.21. The summed E-state index contributed by atoms with van der Waals surface area (Å²) in [4.78, 5) is 12.8. The summed E-state index contributed by atoms with van der Waals surface area (Å²) >= 11 is 1.33. The molecule has 0 aliphatic carbocycles. The van der Waals surface area contributed by atoms with Gasteiger partial charge in [0, 0.05) is 11.1 Å². The number of thiophene rings is 1. The van der Waals surface area contributed by atoms with Gasteiger partial charge in [0.25, 0.3) is 0 Å². The van der Waals surface area contributed by atoms with Crippen LogP contribution in [0.1, 0.15) is 26.4 Å². The zero-order valence-corrected chi connectivity index (χ0v) is 14.1. The molecule has 25 heavy (non-hydrogen) atoms. The van der Waals surface area contributed by atoms with E-state index in [4.69, 9.17) is 0 Å². The molecule has 0 radical (unpaired) electrons. The van der Waals surface area contributed by atoms with Crippen molar-refractivity contribution in [2.24, 2.45) is 0 Å². The van der Waals surface area contributed by atoms with Gasteiger partial charge in [0.15, 0.2) is 0 Å². The molecule has 0 fully saturated rings. The molecule has 3 aromatic rings. The molecule has 3 heteroatoms. The average molecular weight is 339 g/mol. The smallest absolute Gasteiger partial charge is 0.213 e. The van der Waals surface area contributed by atoms with Crippen molar-refractivity contribution in [3.63, 3.8) is 0 Å². The fraction of sp³-hybridized carbons (Fsp3) is 0. The molecule has 0 saturated carbocycles. The standard InChI is InChI=1S/C22H13NOS/c23-16-20(22(24)21-7-4-14-25-21)15-19-12-10-18(11-13-19)9-8-17-5-2-1-3-6-17/h1-7,10-15H/b20-15-. The van der Waals surface area contributed by atoms with Gasteiger partial charge < -0.3 is 0 Å². The third-order valence-electron chi connectivity index (χ3n) is 3.46. The molecule has 2 aromatic carbocycles. The summed E-state index contributed by atoms with van der Waals surface area (Å²) in [6.07, 6.45) is 1.61. The predicted molar refractivity (Wildman–Crippen MR) is 101 cm³/mol. The number of hydrogen-bond donors (Lipinski definition) is 0. The second kappa shape index (κ2) is 7.93. The Hall–Kier alpha value is -3.40. The molecule has 118 valence electrons. The number of Topliss-reactive ketones (excluding diaryl/α,β-unsaturated/α-hetero) is 1. The van der Waals surface area contributed by atoms with Crippen molar-refractivity contribution in [1.29, 1.82) is 5.26 Å². The molecule has 0 aliphatic heterocycles. The molecule has 0 spiro atoms. The average Bonchev–Trinajstić information content (AvgIpc) is 3.20. The van der Waals surface area contributed by atoms with E-state index in [0.717, 1.165) is 16.7 Å². The van der Waals surface area contributed by atoms with Crippen LogP contribution in [-0.4, -0.2) is 5.78 Å². The fourth-order valence-electron chi connectivity index (χ4n) is 2.18. The van der Waals surface area contributed by atoms with Gasteiger partial charge in [-0.15, -0.1) is 11.3 Å². The number of nitriles is 1. The van der Waals surface area contributed by atoms with Crippen LogP contribution in [0.4, 0.5) is 0 Å². The number of carbonyl (C=O) groups excluding carboxylic acids is 1. The molecule has 0 atom stereocenters. The van der Waals surface area contributed by atoms with Gasteiger partial charge in [0.2, 0.25) is 5.78 Å². The third-order valence-corrected chi connectivity index (χ3v) is 4.33. The largest absolute Gasteiger partial charge is 0.287 e. The lowest BCUT2D eigenvalue weighted by molar-refractivity contribution is 0.104. The molecular weight excluding hydrogens is 326 g/mol. The maximum absolute atomic E-state index is 12.3. The van der Waals surface area contributed by atoms with E-state index in [2.05, 4.69) is 11.8 Å². The van der Waals surface area contributed by atoms with E-state index >= 15 is 0 Å². The molecule has 2 nitrogen and oxygen atoms in total. The first-order chi connectivity index (χ1) is 12.3. The molecule has 0 amide bonds. The SMILES string of the molecule is N#C/C(=C/c1ccc(C#Cc2ccccc2)cc1)C(=O)c1cccs1. The van der Waals surface area contributed by atoms with Crippen LogP contribution in [0.25, 0.3) is 6.08 Å². The van der Waals surface area contributed by atoms with Crippen LogP contribution in [-0.2, 0) is 0 Å². The number of allylic oxidation sites excluding steroid dienone is 1. The lowest BCUT2D eigenvalue weighted by Gasteiger charge is -1.98. The Bertz CT molecular complexity index is 996. The third kappa shape index (κ3) is 4.32. The number of nitrogens with zero attached hydrogens (tertiary/aromatic N) is 1. The summed E-state index contributed by atoms with van der Waals surface area (Å²) in [5, 5.41) is 11.1. The molecule has 0 bridgehead atoms. The van der Waals surface area contributed by atoms with Gasteiger partial charge in [-0.1, -0.05) is 48.2 Å². The van der Waals surface area contributed by atoms with E-state index in [1.807, 2.05) is 66.0 Å². The van der Waals surface area contributed by atoms with Gasteiger partial charge in [0.1, 0.15) is 11.6 Å². The quantitative estimate of drug-likeness (QED) is 0.293. The van der Waals surface area contributed by atoms with Gasteiger partial charge in [-0.3, -0.25) is 4.79 Å². The number of hydrogen-bond acceptors (Lipinski definition) is 3. The number of benzene rings is 2. The molecule has 1 aromatic heterocycles. The summed E-state index contributed by atoms with van der Waals surface area (Å²) in [6.45, 7) is 0. The lowest BCUT2D eigenvalue weighted by Crippen LogP contribution is -1.98. The molecule has 1 heterocycles. The first kappa shape index (κ1) is 16.5. The van der Waals surface area contributed by atoms with Crippen LogP contribution < -0.4 is 0 Å². The van der Waals surface area contributed by atoms with Crippen LogP contribution in [0.15, 0.2) is 77.7 Å². The van der Waals surface area contributed by atoms with Crippen molar-refractivity contribution in [3.8, 4) is 17.9 Å². The van der Waals surface area contributed by atoms with E-state index < -0.39 is 0 Å². The number of ketones is 1.